The number of carbonyl (C=O) groups excluding carboxylic acids is 1. The van der Waals surface area contributed by atoms with Crippen LogP contribution in [0.2, 0.25) is 0 Å². The fourth-order valence-corrected chi connectivity index (χ4v) is 1.79. The summed E-state index contributed by atoms with van der Waals surface area (Å²) in [5.41, 5.74) is 5.75. The van der Waals surface area contributed by atoms with Crippen molar-refractivity contribution in [1.82, 2.24) is 0 Å². The molecule has 0 aliphatic carbocycles. The molecule has 0 aliphatic rings. The summed E-state index contributed by atoms with van der Waals surface area (Å²) in [4.78, 5) is 11.7. The molecule has 7 heteroatoms. The SMILES string of the molecule is CC(C)C[C@H](N)C(=O)Nc1cc(F)c(I)c(F)c1.Cl. The van der Waals surface area contributed by atoms with Gasteiger partial charge in [-0.1, -0.05) is 13.8 Å². The summed E-state index contributed by atoms with van der Waals surface area (Å²) in [7, 11) is 0. The first-order chi connectivity index (χ1) is 8.31. The molecule has 0 radical (unpaired) electrons. The molecule has 1 aromatic carbocycles. The van der Waals surface area contributed by atoms with Gasteiger partial charge in [-0.05, 0) is 47.1 Å². The second-order valence-corrected chi connectivity index (χ2v) is 5.56. The van der Waals surface area contributed by atoms with Crippen molar-refractivity contribution in [2.75, 3.05) is 5.32 Å². The van der Waals surface area contributed by atoms with Crippen LogP contribution in [0, 0.1) is 21.1 Å². The Morgan fingerprint density at radius 2 is 1.84 bits per heavy atom. The second kappa shape index (κ2) is 7.96. The lowest BCUT2D eigenvalue weighted by molar-refractivity contribution is -0.117. The lowest BCUT2D eigenvalue weighted by Crippen LogP contribution is -2.36. The molecule has 108 valence electrons. The zero-order valence-electron chi connectivity index (χ0n) is 10.5. The molecule has 1 amide bonds. The van der Waals surface area contributed by atoms with Crippen LogP contribution >= 0.6 is 35.0 Å². The number of nitrogens with two attached hydrogens (primary N) is 1. The van der Waals surface area contributed by atoms with E-state index in [1.807, 2.05) is 13.8 Å². The Morgan fingerprint density at radius 1 is 1.37 bits per heavy atom. The van der Waals surface area contributed by atoms with Gasteiger partial charge < -0.3 is 11.1 Å². The summed E-state index contributed by atoms with van der Waals surface area (Å²) in [5, 5.41) is 2.41. The van der Waals surface area contributed by atoms with Crippen molar-refractivity contribution in [3.63, 3.8) is 0 Å². The molecule has 0 bridgehead atoms. The minimum Gasteiger partial charge on any atom is -0.325 e. The minimum absolute atomic E-state index is 0. The maximum Gasteiger partial charge on any atom is 0.241 e. The Hall–Kier alpha value is -0.470. The van der Waals surface area contributed by atoms with Crippen LogP contribution in [0.3, 0.4) is 0 Å². The largest absolute Gasteiger partial charge is 0.325 e. The van der Waals surface area contributed by atoms with Crippen LogP contribution in [0.25, 0.3) is 0 Å². The third-order valence-electron chi connectivity index (χ3n) is 2.31. The van der Waals surface area contributed by atoms with Crippen molar-refractivity contribution in [3.05, 3.63) is 27.3 Å². The van der Waals surface area contributed by atoms with E-state index >= 15 is 0 Å². The zero-order chi connectivity index (χ0) is 13.9. The zero-order valence-corrected chi connectivity index (χ0v) is 13.5. The van der Waals surface area contributed by atoms with Crippen molar-refractivity contribution < 1.29 is 13.6 Å². The standard InChI is InChI=1S/C12H15F2IN2O.ClH/c1-6(2)3-10(16)12(18)17-7-4-8(13)11(15)9(14)5-7;/h4-6,10H,3,16H2,1-2H3,(H,17,18);1H/t10-;/m0./s1. The summed E-state index contributed by atoms with van der Waals surface area (Å²) < 4.78 is 26.4. The van der Waals surface area contributed by atoms with Gasteiger partial charge in [0.05, 0.1) is 9.61 Å². The monoisotopic (exact) mass is 404 g/mol. The van der Waals surface area contributed by atoms with Gasteiger partial charge >= 0.3 is 0 Å². The third kappa shape index (κ3) is 5.58. The molecule has 0 spiro atoms. The number of halogens is 4. The number of carbonyl (C=O) groups is 1. The molecule has 3 nitrogen and oxygen atoms in total. The number of anilines is 1. The number of hydrogen-bond donors (Lipinski definition) is 2. The number of benzene rings is 1. The molecule has 1 aromatic rings. The minimum atomic E-state index is -0.705. The summed E-state index contributed by atoms with van der Waals surface area (Å²) in [6.45, 7) is 3.88. The highest BCUT2D eigenvalue weighted by molar-refractivity contribution is 14.1. The maximum atomic E-state index is 13.3. The van der Waals surface area contributed by atoms with Crippen molar-refractivity contribution in [2.45, 2.75) is 26.3 Å². The van der Waals surface area contributed by atoms with E-state index in [0.29, 0.717) is 6.42 Å². The number of hydrogen-bond acceptors (Lipinski definition) is 2. The van der Waals surface area contributed by atoms with Gasteiger partial charge in [-0.2, -0.15) is 0 Å². The molecule has 0 unspecified atom stereocenters. The smallest absolute Gasteiger partial charge is 0.241 e. The Balaban J connectivity index is 0.00000324. The van der Waals surface area contributed by atoms with Crippen LogP contribution in [-0.2, 0) is 4.79 Å². The van der Waals surface area contributed by atoms with Crippen molar-refractivity contribution in [2.24, 2.45) is 11.7 Å². The third-order valence-corrected chi connectivity index (χ3v) is 3.34. The Kier molecular flexibility index (Phi) is 7.76. The van der Waals surface area contributed by atoms with Crippen LogP contribution in [0.5, 0.6) is 0 Å². The van der Waals surface area contributed by atoms with E-state index in [-0.39, 0.29) is 27.6 Å². The highest BCUT2D eigenvalue weighted by atomic mass is 127. The van der Waals surface area contributed by atoms with Gasteiger partial charge in [0.25, 0.3) is 0 Å². The molecule has 0 heterocycles. The van der Waals surface area contributed by atoms with Crippen LogP contribution in [0.15, 0.2) is 12.1 Å². The lowest BCUT2D eigenvalue weighted by atomic mass is 10.0. The summed E-state index contributed by atoms with van der Waals surface area (Å²) >= 11 is 1.56. The topological polar surface area (TPSA) is 55.1 Å². The average molecular weight is 405 g/mol. The molecule has 0 aromatic heterocycles. The second-order valence-electron chi connectivity index (χ2n) is 4.48. The van der Waals surface area contributed by atoms with Crippen molar-refractivity contribution in [1.29, 1.82) is 0 Å². The number of rotatable bonds is 4. The summed E-state index contributed by atoms with van der Waals surface area (Å²) in [5.74, 6) is -1.58. The van der Waals surface area contributed by atoms with Crippen LogP contribution in [0.4, 0.5) is 14.5 Å². The Bertz CT molecular complexity index is 434. The van der Waals surface area contributed by atoms with Crippen LogP contribution in [0.1, 0.15) is 20.3 Å². The fourth-order valence-electron chi connectivity index (χ4n) is 1.48. The Morgan fingerprint density at radius 3 is 2.26 bits per heavy atom. The van der Waals surface area contributed by atoms with Crippen LogP contribution in [-0.4, -0.2) is 11.9 Å². The predicted octanol–water partition coefficient (Wildman–Crippen LogP) is 3.30. The molecular weight excluding hydrogens is 388 g/mol. The predicted molar refractivity (Wildman–Crippen MR) is 82.4 cm³/mol. The van der Waals surface area contributed by atoms with Gasteiger partial charge in [-0.25, -0.2) is 8.78 Å². The van der Waals surface area contributed by atoms with E-state index in [0.717, 1.165) is 12.1 Å². The van der Waals surface area contributed by atoms with Gasteiger partial charge in [0.15, 0.2) is 0 Å². The van der Waals surface area contributed by atoms with Gasteiger partial charge in [-0.15, -0.1) is 12.4 Å². The van der Waals surface area contributed by atoms with Crippen LogP contribution < -0.4 is 11.1 Å². The molecule has 3 N–H and O–H groups in total. The summed E-state index contributed by atoms with van der Waals surface area (Å²) in [6.07, 6.45) is 0.515. The summed E-state index contributed by atoms with van der Waals surface area (Å²) in [6, 6.07) is 1.46. The number of amides is 1. The highest BCUT2D eigenvalue weighted by Crippen LogP contribution is 2.20. The lowest BCUT2D eigenvalue weighted by Gasteiger charge is -2.14. The number of nitrogens with one attached hydrogen (secondary N) is 1. The van der Waals surface area contributed by atoms with Gasteiger partial charge in [-0.3, -0.25) is 4.79 Å². The first-order valence-electron chi connectivity index (χ1n) is 5.52. The molecule has 0 saturated heterocycles. The molecule has 0 fully saturated rings. The molecule has 1 atom stereocenters. The van der Waals surface area contributed by atoms with E-state index < -0.39 is 23.6 Å². The fraction of sp³-hybridized carbons (Fsp3) is 0.417. The normalized spacial score (nSPS) is 11.9. The first kappa shape index (κ1) is 18.5. The molecular formula is C12H16ClF2IN2O. The van der Waals surface area contributed by atoms with E-state index in [9.17, 15) is 13.6 Å². The molecule has 0 saturated carbocycles. The van der Waals surface area contributed by atoms with Crippen molar-refractivity contribution >= 4 is 46.6 Å². The van der Waals surface area contributed by atoms with E-state index in [2.05, 4.69) is 5.32 Å². The molecule has 1 rings (SSSR count). The van der Waals surface area contributed by atoms with E-state index in [1.165, 1.54) is 0 Å². The average Bonchev–Trinajstić information content (AvgIpc) is 2.24. The van der Waals surface area contributed by atoms with Gasteiger partial charge in [0, 0.05) is 5.69 Å². The van der Waals surface area contributed by atoms with Gasteiger partial charge in [0.2, 0.25) is 5.91 Å². The van der Waals surface area contributed by atoms with E-state index in [1.54, 1.807) is 22.6 Å². The van der Waals surface area contributed by atoms with Crippen molar-refractivity contribution in [3.8, 4) is 0 Å². The Labute approximate surface area is 130 Å². The first-order valence-corrected chi connectivity index (χ1v) is 6.60. The van der Waals surface area contributed by atoms with Gasteiger partial charge in [0.1, 0.15) is 11.6 Å². The molecule has 19 heavy (non-hydrogen) atoms. The quantitative estimate of drug-likeness (QED) is 0.598. The highest BCUT2D eigenvalue weighted by Gasteiger charge is 2.16. The maximum absolute atomic E-state index is 13.3. The molecule has 0 aliphatic heterocycles. The van der Waals surface area contributed by atoms with E-state index in [4.69, 9.17) is 5.73 Å².